The molecule has 1 aliphatic heterocycles. The first-order valence-corrected chi connectivity index (χ1v) is 6.97. The molecule has 18 heavy (non-hydrogen) atoms. The maximum atomic E-state index is 5.62. The van der Waals surface area contributed by atoms with Gasteiger partial charge in [-0.1, -0.05) is 0 Å². The van der Waals surface area contributed by atoms with Crippen molar-refractivity contribution in [2.24, 2.45) is 0 Å². The molecule has 0 bridgehead atoms. The van der Waals surface area contributed by atoms with Crippen molar-refractivity contribution in [2.75, 3.05) is 31.2 Å². The number of aryl methyl sites for hydroxylation is 1. The number of rotatable bonds is 5. The predicted octanol–water partition coefficient (Wildman–Crippen LogP) is 0.860. The molecule has 1 saturated carbocycles. The van der Waals surface area contributed by atoms with Gasteiger partial charge in [0.2, 0.25) is 5.95 Å². The first-order chi connectivity index (χ1) is 8.88. The average Bonchev–Trinajstić information content (AvgIpc) is 3.12. The van der Waals surface area contributed by atoms with Crippen molar-refractivity contribution < 1.29 is 4.74 Å². The number of ether oxygens (including phenoxy) is 1. The smallest absolute Gasteiger partial charge is 0.205 e. The van der Waals surface area contributed by atoms with Crippen LogP contribution in [-0.2, 0) is 11.3 Å². The minimum absolute atomic E-state index is 0.409. The molecule has 0 spiro atoms. The van der Waals surface area contributed by atoms with Gasteiger partial charge in [0.25, 0.3) is 0 Å². The minimum atomic E-state index is 0.409. The highest BCUT2D eigenvalue weighted by atomic mass is 16.5. The quantitative estimate of drug-likeness (QED) is 0.841. The van der Waals surface area contributed by atoms with Gasteiger partial charge in [-0.05, 0) is 19.8 Å². The molecule has 1 N–H and O–H groups in total. The summed E-state index contributed by atoms with van der Waals surface area (Å²) < 4.78 is 7.82. The number of aromatic nitrogens is 2. The molecule has 2 aliphatic rings. The van der Waals surface area contributed by atoms with Gasteiger partial charge in [0.1, 0.15) is 0 Å². The maximum absolute atomic E-state index is 5.62. The van der Waals surface area contributed by atoms with Gasteiger partial charge in [0.05, 0.1) is 19.3 Å². The summed E-state index contributed by atoms with van der Waals surface area (Å²) in [7, 11) is 0. The molecule has 1 aromatic rings. The number of hydrogen-bond acceptors (Lipinski definition) is 4. The van der Waals surface area contributed by atoms with Crippen LogP contribution in [0.15, 0.2) is 12.4 Å². The van der Waals surface area contributed by atoms with Crippen LogP contribution in [0, 0.1) is 0 Å². The third-order valence-electron chi connectivity index (χ3n) is 3.74. The van der Waals surface area contributed by atoms with E-state index >= 15 is 0 Å². The normalized spacial score (nSPS) is 24.5. The van der Waals surface area contributed by atoms with E-state index in [-0.39, 0.29) is 0 Å². The fourth-order valence-electron chi connectivity index (χ4n) is 2.48. The van der Waals surface area contributed by atoms with Crippen molar-refractivity contribution in [1.29, 1.82) is 0 Å². The fraction of sp³-hybridized carbons (Fsp3) is 0.769. The summed E-state index contributed by atoms with van der Waals surface area (Å²) in [4.78, 5) is 6.90. The van der Waals surface area contributed by atoms with E-state index in [1.807, 2.05) is 6.20 Å². The molecule has 0 aromatic carbocycles. The van der Waals surface area contributed by atoms with E-state index in [1.54, 1.807) is 0 Å². The number of anilines is 1. The Hall–Kier alpha value is -1.07. The fourth-order valence-corrected chi connectivity index (χ4v) is 2.48. The Kier molecular flexibility index (Phi) is 3.52. The molecule has 1 aliphatic carbocycles. The minimum Gasteiger partial charge on any atom is -0.377 e. The zero-order valence-corrected chi connectivity index (χ0v) is 11.0. The number of imidazole rings is 1. The number of nitrogens with one attached hydrogen (secondary N) is 1. The van der Waals surface area contributed by atoms with Crippen LogP contribution < -0.4 is 10.2 Å². The molecule has 100 valence electrons. The van der Waals surface area contributed by atoms with Crippen LogP contribution in [-0.4, -0.2) is 47.9 Å². The maximum Gasteiger partial charge on any atom is 0.205 e. The largest absolute Gasteiger partial charge is 0.377 e. The molecular formula is C13H22N4O. The lowest BCUT2D eigenvalue weighted by molar-refractivity contribution is 0.0924. The van der Waals surface area contributed by atoms with Crippen LogP contribution in [0.4, 0.5) is 5.95 Å². The van der Waals surface area contributed by atoms with Crippen molar-refractivity contribution in [3.8, 4) is 0 Å². The molecule has 2 heterocycles. The van der Waals surface area contributed by atoms with Crippen LogP contribution in [0.2, 0.25) is 0 Å². The first-order valence-electron chi connectivity index (χ1n) is 6.97. The monoisotopic (exact) mass is 250 g/mol. The van der Waals surface area contributed by atoms with Gasteiger partial charge in [-0.3, -0.25) is 0 Å². The second kappa shape index (κ2) is 5.28. The highest BCUT2D eigenvalue weighted by molar-refractivity contribution is 5.34. The third kappa shape index (κ3) is 2.52. The summed E-state index contributed by atoms with van der Waals surface area (Å²) in [6, 6.07) is 1.16. The van der Waals surface area contributed by atoms with Gasteiger partial charge in [-0.15, -0.1) is 0 Å². The summed E-state index contributed by atoms with van der Waals surface area (Å²) in [5.74, 6) is 1.09. The lowest BCUT2D eigenvalue weighted by Gasteiger charge is -2.36. The van der Waals surface area contributed by atoms with Crippen molar-refractivity contribution in [3.63, 3.8) is 0 Å². The van der Waals surface area contributed by atoms with E-state index in [1.165, 1.54) is 12.8 Å². The molecule has 5 heteroatoms. The van der Waals surface area contributed by atoms with Gasteiger partial charge in [0, 0.05) is 38.1 Å². The molecule has 1 aromatic heterocycles. The zero-order valence-electron chi connectivity index (χ0n) is 11.0. The molecule has 1 saturated heterocycles. The topological polar surface area (TPSA) is 42.3 Å². The molecule has 3 rings (SSSR count). The summed E-state index contributed by atoms with van der Waals surface area (Å²) in [5.41, 5.74) is 0. The van der Waals surface area contributed by atoms with Crippen LogP contribution in [0.1, 0.15) is 19.8 Å². The Morgan fingerprint density at radius 3 is 3.17 bits per heavy atom. The summed E-state index contributed by atoms with van der Waals surface area (Å²) in [6.45, 7) is 6.67. The molecule has 1 atom stereocenters. The molecule has 2 fully saturated rings. The highest BCUT2D eigenvalue weighted by Gasteiger charge is 2.28. The van der Waals surface area contributed by atoms with Crippen molar-refractivity contribution >= 4 is 5.95 Å². The van der Waals surface area contributed by atoms with Crippen LogP contribution in [0.3, 0.4) is 0 Å². The van der Waals surface area contributed by atoms with Crippen molar-refractivity contribution in [1.82, 2.24) is 14.9 Å². The van der Waals surface area contributed by atoms with Gasteiger partial charge >= 0.3 is 0 Å². The Balaban J connectivity index is 1.69. The molecular weight excluding hydrogens is 228 g/mol. The van der Waals surface area contributed by atoms with Crippen LogP contribution in [0.25, 0.3) is 0 Å². The Labute approximate surface area is 108 Å². The lowest BCUT2D eigenvalue weighted by atomic mass is 10.2. The molecule has 1 unspecified atom stereocenters. The predicted molar refractivity (Wildman–Crippen MR) is 70.9 cm³/mol. The van der Waals surface area contributed by atoms with E-state index in [2.05, 4.69) is 32.9 Å². The van der Waals surface area contributed by atoms with Gasteiger partial charge < -0.3 is 19.5 Å². The molecule has 0 amide bonds. The number of hydrogen-bond donors (Lipinski definition) is 1. The van der Waals surface area contributed by atoms with E-state index in [9.17, 15) is 0 Å². The first kappa shape index (κ1) is 12.0. The number of morpholine rings is 1. The van der Waals surface area contributed by atoms with Crippen molar-refractivity contribution in [3.05, 3.63) is 12.4 Å². The third-order valence-corrected chi connectivity index (χ3v) is 3.74. The Bertz CT molecular complexity index is 388. The van der Waals surface area contributed by atoms with E-state index < -0.39 is 0 Å². The zero-order chi connectivity index (χ0) is 12.4. The van der Waals surface area contributed by atoms with E-state index in [0.717, 1.165) is 44.8 Å². The highest BCUT2D eigenvalue weighted by Crippen LogP contribution is 2.21. The lowest BCUT2D eigenvalue weighted by Crippen LogP contribution is -2.51. The van der Waals surface area contributed by atoms with Gasteiger partial charge in [0.15, 0.2) is 0 Å². The van der Waals surface area contributed by atoms with Crippen LogP contribution in [0.5, 0.6) is 0 Å². The van der Waals surface area contributed by atoms with Gasteiger partial charge in [-0.25, -0.2) is 4.98 Å². The summed E-state index contributed by atoms with van der Waals surface area (Å²) in [6.07, 6.45) is 6.60. The summed E-state index contributed by atoms with van der Waals surface area (Å²) in [5, 5.41) is 3.60. The molecule has 5 nitrogen and oxygen atoms in total. The van der Waals surface area contributed by atoms with Crippen molar-refractivity contribution in [2.45, 2.75) is 38.4 Å². The van der Waals surface area contributed by atoms with Gasteiger partial charge in [-0.2, -0.15) is 0 Å². The van der Waals surface area contributed by atoms with E-state index in [0.29, 0.717) is 6.04 Å². The Morgan fingerprint density at radius 1 is 1.50 bits per heavy atom. The van der Waals surface area contributed by atoms with E-state index in [4.69, 9.17) is 4.74 Å². The average molecular weight is 250 g/mol. The summed E-state index contributed by atoms with van der Waals surface area (Å²) >= 11 is 0. The second-order valence-electron chi connectivity index (χ2n) is 5.12. The SMILES string of the molecule is CCn1ccnc1N1CCOCC1CNC1CC1. The molecule has 0 radical (unpaired) electrons. The standard InChI is InChI=1S/C13H22N4O/c1-2-16-6-5-14-13(16)17-7-8-18-10-12(17)9-15-11-3-4-11/h5-6,11-12,15H,2-4,7-10H2,1H3. The second-order valence-corrected chi connectivity index (χ2v) is 5.12. The number of nitrogens with zero attached hydrogens (tertiary/aromatic N) is 3. The van der Waals surface area contributed by atoms with Crippen LogP contribution >= 0.6 is 0 Å². The Morgan fingerprint density at radius 2 is 2.39 bits per heavy atom.